The molecule has 5 heteroatoms. The van der Waals surface area contributed by atoms with Gasteiger partial charge in [-0.2, -0.15) is 0 Å². The Labute approximate surface area is 88.1 Å². The zero-order valence-corrected chi connectivity index (χ0v) is 8.53. The topological polar surface area (TPSA) is 26.3 Å². The Kier molecular flexibility index (Phi) is 2.40. The molecule has 2 aromatic rings. The van der Waals surface area contributed by atoms with Crippen molar-refractivity contribution in [2.75, 3.05) is 7.11 Å². The molecule has 0 radical (unpaired) electrons. The molecule has 0 bridgehead atoms. The number of benzene rings is 1. The molecular formula is C10H6F2O2S. The third-order valence-electron chi connectivity index (χ3n) is 2.02. The Balaban J connectivity index is 2.69. The van der Waals surface area contributed by atoms with E-state index in [4.69, 9.17) is 0 Å². The van der Waals surface area contributed by atoms with Crippen molar-refractivity contribution in [3.63, 3.8) is 0 Å². The van der Waals surface area contributed by atoms with Gasteiger partial charge in [0.05, 0.1) is 12.7 Å². The molecule has 0 fully saturated rings. The van der Waals surface area contributed by atoms with Crippen molar-refractivity contribution in [2.24, 2.45) is 0 Å². The fourth-order valence-corrected chi connectivity index (χ4v) is 2.23. The molecule has 1 aromatic carbocycles. The van der Waals surface area contributed by atoms with Crippen LogP contribution in [0.1, 0.15) is 10.4 Å². The largest absolute Gasteiger partial charge is 0.465 e. The van der Waals surface area contributed by atoms with E-state index >= 15 is 0 Å². The zero-order chi connectivity index (χ0) is 11.0. The second-order valence-corrected chi connectivity index (χ2v) is 3.81. The first-order chi connectivity index (χ1) is 7.13. The number of ether oxygens (including phenoxy) is 1. The molecule has 0 N–H and O–H groups in total. The van der Waals surface area contributed by atoms with E-state index < -0.39 is 17.6 Å². The van der Waals surface area contributed by atoms with Crippen molar-refractivity contribution in [1.82, 2.24) is 0 Å². The fourth-order valence-electron chi connectivity index (χ4n) is 1.29. The third-order valence-corrected chi connectivity index (χ3v) is 2.97. The molecule has 1 heterocycles. The summed E-state index contributed by atoms with van der Waals surface area (Å²) in [4.78, 5) is 11.3. The number of rotatable bonds is 1. The van der Waals surface area contributed by atoms with Crippen LogP contribution in [0.3, 0.4) is 0 Å². The number of carbonyl (C=O) groups is 1. The summed E-state index contributed by atoms with van der Waals surface area (Å²) >= 11 is 1.17. The summed E-state index contributed by atoms with van der Waals surface area (Å²) in [5.74, 6) is -2.43. The van der Waals surface area contributed by atoms with Crippen molar-refractivity contribution >= 4 is 27.4 Å². The van der Waals surface area contributed by atoms with Gasteiger partial charge >= 0.3 is 5.97 Å². The zero-order valence-electron chi connectivity index (χ0n) is 7.71. The highest BCUT2D eigenvalue weighted by Gasteiger charge is 2.14. The number of thiophene rings is 1. The smallest absolute Gasteiger partial charge is 0.339 e. The van der Waals surface area contributed by atoms with E-state index in [1.807, 2.05) is 0 Å². The molecule has 1 aromatic heterocycles. The van der Waals surface area contributed by atoms with Crippen LogP contribution in [0, 0.1) is 11.6 Å². The van der Waals surface area contributed by atoms with Crippen LogP contribution in [-0.4, -0.2) is 13.1 Å². The second-order valence-electron chi connectivity index (χ2n) is 2.90. The van der Waals surface area contributed by atoms with E-state index in [2.05, 4.69) is 4.74 Å². The molecule has 0 aliphatic heterocycles. The molecule has 0 atom stereocenters. The maximum atomic E-state index is 13.0. The first kappa shape index (κ1) is 10.0. The lowest BCUT2D eigenvalue weighted by Crippen LogP contribution is -1.99. The van der Waals surface area contributed by atoms with Crippen LogP contribution in [0.2, 0.25) is 0 Å². The quantitative estimate of drug-likeness (QED) is 0.701. The second kappa shape index (κ2) is 3.58. The molecular weight excluding hydrogens is 222 g/mol. The molecule has 0 amide bonds. The highest BCUT2D eigenvalue weighted by molar-refractivity contribution is 7.17. The van der Waals surface area contributed by atoms with Gasteiger partial charge in [0.1, 0.15) is 0 Å². The van der Waals surface area contributed by atoms with E-state index in [0.29, 0.717) is 10.1 Å². The first-order valence-corrected chi connectivity index (χ1v) is 4.96. The number of halogens is 2. The van der Waals surface area contributed by atoms with E-state index in [1.165, 1.54) is 23.8 Å². The van der Waals surface area contributed by atoms with Crippen LogP contribution in [0.25, 0.3) is 10.1 Å². The molecule has 0 spiro atoms. The number of fused-ring (bicyclic) bond motifs is 1. The molecule has 0 saturated carbocycles. The summed E-state index contributed by atoms with van der Waals surface area (Å²) in [6.07, 6.45) is 0. The summed E-state index contributed by atoms with van der Waals surface area (Å²) in [5.41, 5.74) is 0.261. The van der Waals surface area contributed by atoms with E-state index in [1.54, 1.807) is 0 Å². The van der Waals surface area contributed by atoms with Crippen molar-refractivity contribution in [1.29, 1.82) is 0 Å². The Hall–Kier alpha value is -1.49. The maximum absolute atomic E-state index is 13.0. The average molecular weight is 228 g/mol. The number of methoxy groups -OCH3 is 1. The van der Waals surface area contributed by atoms with Crippen molar-refractivity contribution < 1.29 is 18.3 Å². The molecule has 0 saturated heterocycles. The van der Waals surface area contributed by atoms with Crippen LogP contribution < -0.4 is 0 Å². The minimum Gasteiger partial charge on any atom is -0.465 e. The van der Waals surface area contributed by atoms with Crippen molar-refractivity contribution in [2.45, 2.75) is 0 Å². The summed E-state index contributed by atoms with van der Waals surface area (Å²) in [6.45, 7) is 0. The van der Waals surface area contributed by atoms with Crippen molar-refractivity contribution in [3.8, 4) is 0 Å². The van der Waals surface area contributed by atoms with Gasteiger partial charge in [-0.1, -0.05) is 0 Å². The SMILES string of the molecule is COC(=O)c1csc2cc(F)c(F)cc12. The van der Waals surface area contributed by atoms with Gasteiger partial charge in [0.2, 0.25) is 0 Å². The van der Waals surface area contributed by atoms with Gasteiger partial charge in [-0.3, -0.25) is 0 Å². The fraction of sp³-hybridized carbons (Fsp3) is 0.100. The van der Waals surface area contributed by atoms with Gasteiger partial charge in [-0.25, -0.2) is 13.6 Å². The van der Waals surface area contributed by atoms with Crippen LogP contribution in [0.5, 0.6) is 0 Å². The lowest BCUT2D eigenvalue weighted by Gasteiger charge is -1.97. The minimum absolute atomic E-state index is 0.261. The molecule has 2 rings (SSSR count). The van der Waals surface area contributed by atoms with Crippen LogP contribution in [-0.2, 0) is 4.74 Å². The van der Waals surface area contributed by atoms with E-state index in [-0.39, 0.29) is 5.56 Å². The minimum atomic E-state index is -0.967. The first-order valence-electron chi connectivity index (χ1n) is 4.08. The van der Waals surface area contributed by atoms with Gasteiger partial charge in [0.15, 0.2) is 11.6 Å². The summed E-state index contributed by atoms with van der Waals surface area (Å²) in [5, 5.41) is 1.90. The average Bonchev–Trinajstić information content (AvgIpc) is 2.61. The van der Waals surface area contributed by atoms with E-state index in [9.17, 15) is 13.6 Å². The Morgan fingerprint density at radius 1 is 1.33 bits per heavy atom. The van der Waals surface area contributed by atoms with Crippen LogP contribution >= 0.6 is 11.3 Å². The van der Waals surface area contributed by atoms with Gasteiger partial charge in [-0.05, 0) is 12.1 Å². The molecule has 15 heavy (non-hydrogen) atoms. The van der Waals surface area contributed by atoms with Crippen LogP contribution in [0.4, 0.5) is 8.78 Å². The highest BCUT2D eigenvalue weighted by Crippen LogP contribution is 2.28. The molecule has 0 aliphatic carbocycles. The molecule has 2 nitrogen and oxygen atoms in total. The third kappa shape index (κ3) is 1.59. The standard InChI is InChI=1S/C10H6F2O2S/c1-14-10(13)6-4-15-9-3-8(12)7(11)2-5(6)9/h2-4H,1H3. The lowest BCUT2D eigenvalue weighted by molar-refractivity contribution is 0.0603. The Morgan fingerprint density at radius 3 is 2.67 bits per heavy atom. The summed E-state index contributed by atoms with van der Waals surface area (Å²) in [6, 6.07) is 2.08. The Morgan fingerprint density at radius 2 is 2.00 bits per heavy atom. The summed E-state index contributed by atoms with van der Waals surface area (Å²) in [7, 11) is 1.24. The van der Waals surface area contributed by atoms with Gasteiger partial charge in [0, 0.05) is 15.5 Å². The van der Waals surface area contributed by atoms with Crippen molar-refractivity contribution in [3.05, 3.63) is 34.7 Å². The van der Waals surface area contributed by atoms with E-state index in [0.717, 1.165) is 12.1 Å². The van der Waals surface area contributed by atoms with Crippen LogP contribution in [0.15, 0.2) is 17.5 Å². The maximum Gasteiger partial charge on any atom is 0.339 e. The number of esters is 1. The predicted molar refractivity (Wildman–Crippen MR) is 53.1 cm³/mol. The predicted octanol–water partition coefficient (Wildman–Crippen LogP) is 2.97. The molecule has 0 unspecified atom stereocenters. The lowest BCUT2D eigenvalue weighted by atomic mass is 10.2. The molecule has 0 aliphatic rings. The monoisotopic (exact) mass is 228 g/mol. The number of carbonyl (C=O) groups excluding carboxylic acids is 1. The van der Waals surface area contributed by atoms with Gasteiger partial charge in [0.25, 0.3) is 0 Å². The summed E-state index contributed by atoms with van der Waals surface area (Å²) < 4.78 is 30.9. The normalized spacial score (nSPS) is 10.6. The molecule has 78 valence electrons. The van der Waals surface area contributed by atoms with Gasteiger partial charge < -0.3 is 4.74 Å². The van der Waals surface area contributed by atoms with Gasteiger partial charge in [-0.15, -0.1) is 11.3 Å². The number of hydrogen-bond acceptors (Lipinski definition) is 3. The number of hydrogen-bond donors (Lipinski definition) is 0. The highest BCUT2D eigenvalue weighted by atomic mass is 32.1. The Bertz CT molecular complexity index is 533.